The van der Waals surface area contributed by atoms with Crippen LogP contribution < -0.4 is 20.9 Å². The van der Waals surface area contributed by atoms with Gasteiger partial charge in [-0.05, 0) is 50.1 Å². The largest absolute Gasteiger partial charge is 0.462 e. The molecule has 3 unspecified atom stereocenters. The number of fused-ring (bicyclic) bond motifs is 1. The van der Waals surface area contributed by atoms with E-state index in [2.05, 4.69) is 16.0 Å². The number of nitrogens with zero attached hydrogens (tertiary/aromatic N) is 1. The van der Waals surface area contributed by atoms with E-state index in [1.54, 1.807) is 44.2 Å². The molecule has 1 saturated heterocycles. The topological polar surface area (TPSA) is 161 Å². The summed E-state index contributed by atoms with van der Waals surface area (Å²) in [5, 5.41) is 26.0. The van der Waals surface area contributed by atoms with E-state index in [0.29, 0.717) is 12.2 Å². The third kappa shape index (κ3) is 5.66. The number of rotatable bonds is 11. The fourth-order valence-electron chi connectivity index (χ4n) is 4.59. The maximum Gasteiger partial charge on any atom is 0.330 e. The first kappa shape index (κ1) is 30.1. The summed E-state index contributed by atoms with van der Waals surface area (Å²) in [5.41, 5.74) is -6.20. The first-order chi connectivity index (χ1) is 18.7. The molecule has 2 aliphatic rings. The van der Waals surface area contributed by atoms with Gasteiger partial charge in [0.15, 0.2) is 11.8 Å². The summed E-state index contributed by atoms with van der Waals surface area (Å²) >= 11 is 5.81. The van der Waals surface area contributed by atoms with Crippen LogP contribution in [0, 0.1) is 18.3 Å². The maximum atomic E-state index is 13.0. The van der Waals surface area contributed by atoms with Crippen molar-refractivity contribution < 1.29 is 33.5 Å². The Morgan fingerprint density at radius 1 is 1.25 bits per heavy atom. The molecular weight excluding hydrogens is 561 g/mol. The van der Waals surface area contributed by atoms with Gasteiger partial charge in [0.05, 0.1) is 6.10 Å². The van der Waals surface area contributed by atoms with Crippen LogP contribution in [0.5, 0.6) is 5.75 Å². The number of benzene rings is 1. The van der Waals surface area contributed by atoms with E-state index in [1.165, 1.54) is 0 Å². The Labute approximate surface area is 235 Å². The predicted molar refractivity (Wildman–Crippen MR) is 148 cm³/mol. The summed E-state index contributed by atoms with van der Waals surface area (Å²) < 4.78 is 24.3. The fourth-order valence-corrected chi connectivity index (χ4v) is 7.22. The second kappa shape index (κ2) is 11.2. The SMILES string of the molecule is C#C[C@]1(O)[C@H](n2ccc(=O)[nH]c2=O)O[C@@H]2C(OP(=S)(NC(CC(C)C)C(=O)OC(C)C)Oc3ccccc3)[C@@]21O. The van der Waals surface area contributed by atoms with Crippen molar-refractivity contribution >= 4 is 24.4 Å². The molecule has 4 N–H and O–H groups in total. The van der Waals surface area contributed by atoms with Crippen LogP contribution in [0.2, 0.25) is 0 Å². The first-order valence-electron chi connectivity index (χ1n) is 12.6. The molecule has 1 aliphatic heterocycles. The number of carbonyl (C=O) groups is 1. The molecule has 12 nitrogen and oxygen atoms in total. The van der Waals surface area contributed by atoms with Gasteiger partial charge in [0.25, 0.3) is 5.56 Å². The van der Waals surface area contributed by atoms with Crippen molar-refractivity contribution in [2.45, 2.75) is 75.9 Å². The van der Waals surface area contributed by atoms with Gasteiger partial charge in [0.2, 0.25) is 5.60 Å². The van der Waals surface area contributed by atoms with Crippen LogP contribution in [0.25, 0.3) is 0 Å². The van der Waals surface area contributed by atoms with Crippen LogP contribution in [0.4, 0.5) is 0 Å². The lowest BCUT2D eigenvalue weighted by Gasteiger charge is -2.34. The van der Waals surface area contributed by atoms with Crippen molar-refractivity contribution in [3.8, 4) is 18.1 Å². The van der Waals surface area contributed by atoms with Crippen molar-refractivity contribution in [3.63, 3.8) is 0 Å². The molecule has 7 atom stereocenters. The molecule has 2 heterocycles. The van der Waals surface area contributed by atoms with Crippen molar-refractivity contribution in [1.29, 1.82) is 0 Å². The van der Waals surface area contributed by atoms with E-state index in [4.69, 9.17) is 36.8 Å². The Kier molecular flexibility index (Phi) is 8.45. The molecule has 40 heavy (non-hydrogen) atoms. The number of ether oxygens (including phenoxy) is 2. The summed E-state index contributed by atoms with van der Waals surface area (Å²) in [6, 6.07) is 8.65. The van der Waals surface area contributed by atoms with Crippen molar-refractivity contribution in [2.75, 3.05) is 0 Å². The number of H-pyrrole nitrogens is 1. The zero-order valence-electron chi connectivity index (χ0n) is 22.3. The molecular formula is C26H32N3O9PS. The molecule has 14 heteroatoms. The van der Waals surface area contributed by atoms with Gasteiger partial charge in [-0.25, -0.2) is 9.88 Å². The lowest BCUT2D eigenvalue weighted by molar-refractivity contribution is -0.150. The Bertz CT molecular complexity index is 1460. The Morgan fingerprint density at radius 2 is 1.93 bits per heavy atom. The van der Waals surface area contributed by atoms with Crippen molar-refractivity contribution in [2.24, 2.45) is 5.92 Å². The summed E-state index contributed by atoms with van der Waals surface area (Å²) in [6.07, 6.45) is 2.66. The molecule has 4 rings (SSSR count). The zero-order chi connectivity index (χ0) is 29.5. The Hall–Kier alpha value is -2.82. The maximum absolute atomic E-state index is 13.0. The monoisotopic (exact) mass is 593 g/mol. The van der Waals surface area contributed by atoms with E-state index < -0.39 is 59.5 Å². The van der Waals surface area contributed by atoms with Crippen molar-refractivity contribution in [1.82, 2.24) is 14.6 Å². The highest BCUT2D eigenvalue weighted by Crippen LogP contribution is 2.64. The number of aromatic nitrogens is 2. The Morgan fingerprint density at radius 3 is 2.50 bits per heavy atom. The van der Waals surface area contributed by atoms with Crippen LogP contribution in [-0.4, -0.2) is 61.3 Å². The second-order valence-electron chi connectivity index (χ2n) is 10.4. The van der Waals surface area contributed by atoms with Gasteiger partial charge in [-0.3, -0.25) is 23.7 Å². The highest BCUT2D eigenvalue weighted by Gasteiger charge is 2.85. The highest BCUT2D eigenvalue weighted by molar-refractivity contribution is 8.09. The predicted octanol–water partition coefficient (Wildman–Crippen LogP) is 1.19. The number of terminal acetylenes is 1. The summed E-state index contributed by atoms with van der Waals surface area (Å²) in [7, 11) is 0. The quantitative estimate of drug-likeness (QED) is 0.168. The van der Waals surface area contributed by atoms with E-state index in [0.717, 1.165) is 16.8 Å². The first-order valence-corrected chi connectivity index (χ1v) is 15.3. The molecule has 0 spiro atoms. The molecule has 2 fully saturated rings. The fraction of sp³-hybridized carbons (Fsp3) is 0.500. The zero-order valence-corrected chi connectivity index (χ0v) is 24.1. The summed E-state index contributed by atoms with van der Waals surface area (Å²) in [5.74, 6) is 1.97. The lowest BCUT2D eigenvalue weighted by atomic mass is 9.94. The Balaban J connectivity index is 1.65. The number of aromatic amines is 1. The lowest BCUT2D eigenvalue weighted by Crippen LogP contribution is -2.52. The van der Waals surface area contributed by atoms with Crippen LogP contribution in [0.1, 0.15) is 40.3 Å². The average molecular weight is 594 g/mol. The van der Waals surface area contributed by atoms with E-state index in [-0.39, 0.29) is 12.0 Å². The minimum Gasteiger partial charge on any atom is -0.462 e. The van der Waals surface area contributed by atoms with Crippen LogP contribution in [0.15, 0.2) is 52.2 Å². The summed E-state index contributed by atoms with van der Waals surface area (Å²) in [6.45, 7) is 3.62. The minimum absolute atomic E-state index is 0.0631. The highest BCUT2D eigenvalue weighted by atomic mass is 32.5. The minimum atomic E-state index is -3.67. The number of hydrogen-bond acceptors (Lipinski definition) is 10. The van der Waals surface area contributed by atoms with Gasteiger partial charge in [-0.1, -0.05) is 38.0 Å². The number of nitrogens with one attached hydrogen (secondary N) is 2. The van der Waals surface area contributed by atoms with Gasteiger partial charge in [0, 0.05) is 12.3 Å². The molecule has 1 aromatic carbocycles. The number of para-hydroxylation sites is 1. The summed E-state index contributed by atoms with van der Waals surface area (Å²) in [4.78, 5) is 38.9. The third-order valence-corrected chi connectivity index (χ3v) is 8.86. The molecule has 1 aliphatic carbocycles. The average Bonchev–Trinajstić information content (AvgIpc) is 3.34. The number of carbonyl (C=O) groups excluding carboxylic acids is 1. The van der Waals surface area contributed by atoms with Gasteiger partial charge < -0.3 is 24.2 Å². The van der Waals surface area contributed by atoms with Crippen LogP contribution in [0.3, 0.4) is 0 Å². The van der Waals surface area contributed by atoms with Crippen LogP contribution in [-0.2, 0) is 30.6 Å². The molecule has 0 amide bonds. The number of aliphatic hydroxyl groups is 2. The van der Waals surface area contributed by atoms with E-state index in [9.17, 15) is 24.6 Å². The normalized spacial score (nSPS) is 29.3. The van der Waals surface area contributed by atoms with Gasteiger partial charge in [-0.15, -0.1) is 6.42 Å². The van der Waals surface area contributed by atoms with Gasteiger partial charge >= 0.3 is 18.3 Å². The second-order valence-corrected chi connectivity index (χ2v) is 13.5. The smallest absolute Gasteiger partial charge is 0.330 e. The van der Waals surface area contributed by atoms with E-state index in [1.807, 2.05) is 13.8 Å². The number of esters is 1. The van der Waals surface area contributed by atoms with Gasteiger partial charge in [-0.2, -0.15) is 0 Å². The van der Waals surface area contributed by atoms with Gasteiger partial charge in [0.1, 0.15) is 24.0 Å². The molecule has 0 bridgehead atoms. The molecule has 1 saturated carbocycles. The standard InChI is InChI=1S/C26H32N3O9PS/c1-6-25(33)23(29-13-12-19(30)27-24(29)32)36-20-21(26(20,25)34)38-39(40,37-17-10-8-7-9-11-17)28-18(14-15(2)3)22(31)35-16(4)5/h1,7-13,15-16,18,20-21,23,33-34H,14H2,2-5H3,(H,28,40)(H,27,30,32)/t18?,20-,21?,23-,25+,26+,39?/m1/s1. The molecule has 216 valence electrons. The number of hydrogen-bond donors (Lipinski definition) is 4. The van der Waals surface area contributed by atoms with Crippen molar-refractivity contribution in [3.05, 3.63) is 63.4 Å². The van der Waals surface area contributed by atoms with E-state index >= 15 is 0 Å². The third-order valence-electron chi connectivity index (χ3n) is 6.48. The van der Waals surface area contributed by atoms with Crippen LogP contribution >= 0.6 is 6.64 Å². The molecule has 0 radical (unpaired) electrons. The molecule has 2 aromatic rings. The molecule has 1 aromatic heterocycles.